The highest BCUT2D eigenvalue weighted by Gasteiger charge is 2.03. The second-order valence-corrected chi connectivity index (χ2v) is 2.65. The summed E-state index contributed by atoms with van der Waals surface area (Å²) in [6, 6.07) is 9.20. The summed E-state index contributed by atoms with van der Waals surface area (Å²) in [4.78, 5) is 10.7. The van der Waals surface area contributed by atoms with E-state index < -0.39 is 0 Å². The molecule has 0 bridgehead atoms. The predicted molar refractivity (Wildman–Crippen MR) is 52.0 cm³/mol. The summed E-state index contributed by atoms with van der Waals surface area (Å²) in [7, 11) is 0. The minimum absolute atomic E-state index is 0.370. The maximum absolute atomic E-state index is 10.7. The highest BCUT2D eigenvalue weighted by molar-refractivity contribution is 6.28. The van der Waals surface area contributed by atoms with Crippen molar-refractivity contribution < 1.29 is 9.53 Å². The van der Waals surface area contributed by atoms with Gasteiger partial charge in [-0.2, -0.15) is 0 Å². The van der Waals surface area contributed by atoms with Gasteiger partial charge in [0, 0.05) is 18.0 Å². The number of benzene rings is 1. The quantitative estimate of drug-likeness (QED) is 0.537. The van der Waals surface area contributed by atoms with Crippen molar-refractivity contribution in [3.05, 3.63) is 41.4 Å². The van der Waals surface area contributed by atoms with Gasteiger partial charge in [0.05, 0.1) is 0 Å². The van der Waals surface area contributed by atoms with Crippen LogP contribution in [0, 0.1) is 0 Å². The Morgan fingerprint density at radius 3 is 2.46 bits per heavy atom. The van der Waals surface area contributed by atoms with Gasteiger partial charge in [-0.05, 0) is 0 Å². The van der Waals surface area contributed by atoms with Gasteiger partial charge in [-0.1, -0.05) is 41.9 Å². The summed E-state index contributed by atoms with van der Waals surface area (Å²) in [6.45, 7) is 1.34. The summed E-state index contributed by atoms with van der Waals surface area (Å²) in [6.07, 6.45) is 0. The molecule has 0 aliphatic carbocycles. The van der Waals surface area contributed by atoms with Crippen molar-refractivity contribution in [1.82, 2.24) is 0 Å². The third-order valence-corrected chi connectivity index (χ3v) is 1.61. The van der Waals surface area contributed by atoms with Crippen molar-refractivity contribution in [2.75, 3.05) is 0 Å². The summed E-state index contributed by atoms with van der Waals surface area (Å²) in [5, 5.41) is 0. The monoisotopic (exact) mass is 196 g/mol. The van der Waals surface area contributed by atoms with Crippen molar-refractivity contribution in [2.45, 2.75) is 6.92 Å². The van der Waals surface area contributed by atoms with E-state index in [1.165, 1.54) is 12.5 Å². The summed E-state index contributed by atoms with van der Waals surface area (Å²) in [5.41, 5.74) is 2.03. The van der Waals surface area contributed by atoms with Crippen molar-refractivity contribution in [3.8, 4) is 0 Å². The highest BCUT2D eigenvalue weighted by atomic mass is 35.5. The molecule has 0 atom stereocenters. The van der Waals surface area contributed by atoms with Gasteiger partial charge in [0.2, 0.25) is 0 Å². The van der Waals surface area contributed by atoms with E-state index in [2.05, 4.69) is 0 Å². The molecule has 68 valence electrons. The standard InChI is InChI=1S/C10H9ClO2/c1-8(12)13-10(7-11)9-5-3-2-4-6-9/h2-7H,1H3/b10-7-. The zero-order valence-corrected chi connectivity index (χ0v) is 7.91. The van der Waals surface area contributed by atoms with Crippen LogP contribution >= 0.6 is 11.6 Å². The molecular formula is C10H9ClO2. The Labute approximate surface area is 81.8 Å². The number of carbonyl (C=O) groups excluding carboxylic acids is 1. The SMILES string of the molecule is CC(=O)O/C(=C\Cl)c1ccccc1. The van der Waals surface area contributed by atoms with E-state index in [9.17, 15) is 4.79 Å². The van der Waals surface area contributed by atoms with Gasteiger partial charge in [-0.3, -0.25) is 4.79 Å². The van der Waals surface area contributed by atoms with Gasteiger partial charge >= 0.3 is 5.97 Å². The fourth-order valence-electron chi connectivity index (χ4n) is 0.901. The summed E-state index contributed by atoms with van der Waals surface area (Å²) >= 11 is 5.51. The third kappa shape index (κ3) is 2.92. The molecule has 0 radical (unpaired) electrons. The molecule has 0 spiro atoms. The van der Waals surface area contributed by atoms with Crippen LogP contribution in [0.5, 0.6) is 0 Å². The van der Waals surface area contributed by atoms with Gasteiger partial charge < -0.3 is 4.74 Å². The van der Waals surface area contributed by atoms with Crippen LogP contribution in [0.2, 0.25) is 0 Å². The van der Waals surface area contributed by atoms with Gasteiger partial charge in [0.1, 0.15) is 5.76 Å². The minimum atomic E-state index is -0.379. The molecule has 0 aliphatic heterocycles. The van der Waals surface area contributed by atoms with Crippen LogP contribution < -0.4 is 0 Å². The normalized spacial score (nSPS) is 11.1. The molecule has 0 unspecified atom stereocenters. The Bertz CT molecular complexity index is 317. The number of hydrogen-bond donors (Lipinski definition) is 0. The van der Waals surface area contributed by atoms with Crippen LogP contribution in [0.1, 0.15) is 12.5 Å². The Hall–Kier alpha value is -1.28. The molecule has 0 aromatic heterocycles. The Morgan fingerprint density at radius 1 is 1.38 bits per heavy atom. The van der Waals surface area contributed by atoms with E-state index in [1.54, 1.807) is 0 Å². The Morgan fingerprint density at radius 2 is 2.00 bits per heavy atom. The fourth-order valence-corrected chi connectivity index (χ4v) is 1.07. The van der Waals surface area contributed by atoms with Crippen LogP contribution in [0.3, 0.4) is 0 Å². The highest BCUT2D eigenvalue weighted by Crippen LogP contribution is 2.16. The van der Waals surface area contributed by atoms with E-state index in [1.807, 2.05) is 30.3 Å². The lowest BCUT2D eigenvalue weighted by molar-refractivity contribution is -0.134. The number of ether oxygens (including phenoxy) is 1. The molecule has 13 heavy (non-hydrogen) atoms. The van der Waals surface area contributed by atoms with Gasteiger partial charge in [0.25, 0.3) is 0 Å². The van der Waals surface area contributed by atoms with Crippen LogP contribution in [-0.4, -0.2) is 5.97 Å². The summed E-state index contributed by atoms with van der Waals surface area (Å²) < 4.78 is 4.88. The van der Waals surface area contributed by atoms with Crippen molar-refractivity contribution >= 4 is 23.3 Å². The van der Waals surface area contributed by atoms with Gasteiger partial charge in [0.15, 0.2) is 0 Å². The first-order valence-corrected chi connectivity index (χ1v) is 4.22. The summed E-state index contributed by atoms with van der Waals surface area (Å²) in [5.74, 6) is -0.00878. The first-order chi connectivity index (χ1) is 6.24. The van der Waals surface area contributed by atoms with Crippen molar-refractivity contribution in [3.63, 3.8) is 0 Å². The van der Waals surface area contributed by atoms with E-state index in [4.69, 9.17) is 16.3 Å². The van der Waals surface area contributed by atoms with Crippen molar-refractivity contribution in [1.29, 1.82) is 0 Å². The van der Waals surface area contributed by atoms with Gasteiger partial charge in [-0.15, -0.1) is 0 Å². The lowest BCUT2D eigenvalue weighted by Gasteiger charge is -2.04. The largest absolute Gasteiger partial charge is 0.425 e. The number of halogens is 1. The second-order valence-electron chi connectivity index (χ2n) is 2.43. The zero-order chi connectivity index (χ0) is 9.68. The fraction of sp³-hybridized carbons (Fsp3) is 0.100. The molecule has 3 heteroatoms. The average Bonchev–Trinajstić information content (AvgIpc) is 2.15. The third-order valence-electron chi connectivity index (χ3n) is 1.41. The van der Waals surface area contributed by atoms with E-state index in [0.717, 1.165) is 5.56 Å². The Kier molecular flexibility index (Phi) is 3.53. The predicted octanol–water partition coefficient (Wildman–Crippen LogP) is 2.79. The molecule has 0 N–H and O–H groups in total. The van der Waals surface area contributed by atoms with E-state index in [-0.39, 0.29) is 5.97 Å². The number of carbonyl (C=O) groups is 1. The van der Waals surface area contributed by atoms with E-state index in [0.29, 0.717) is 5.76 Å². The maximum atomic E-state index is 10.7. The number of hydrogen-bond acceptors (Lipinski definition) is 2. The second kappa shape index (κ2) is 4.67. The van der Waals surface area contributed by atoms with Crippen LogP contribution in [0.25, 0.3) is 5.76 Å². The van der Waals surface area contributed by atoms with Gasteiger partial charge in [-0.25, -0.2) is 0 Å². The number of rotatable bonds is 2. The maximum Gasteiger partial charge on any atom is 0.308 e. The van der Waals surface area contributed by atoms with Crippen LogP contribution in [0.4, 0.5) is 0 Å². The molecule has 0 aliphatic rings. The Balaban J connectivity index is 2.86. The van der Waals surface area contributed by atoms with Crippen LogP contribution in [0.15, 0.2) is 35.9 Å². The van der Waals surface area contributed by atoms with Crippen molar-refractivity contribution in [2.24, 2.45) is 0 Å². The molecule has 1 aromatic rings. The molecule has 2 nitrogen and oxygen atoms in total. The zero-order valence-electron chi connectivity index (χ0n) is 7.16. The first kappa shape index (κ1) is 9.81. The molecule has 0 heterocycles. The molecule has 0 saturated carbocycles. The first-order valence-electron chi connectivity index (χ1n) is 3.78. The minimum Gasteiger partial charge on any atom is -0.425 e. The average molecular weight is 197 g/mol. The lowest BCUT2D eigenvalue weighted by Crippen LogP contribution is -1.97. The molecule has 1 aromatic carbocycles. The molecule has 0 fully saturated rings. The van der Waals surface area contributed by atoms with E-state index >= 15 is 0 Å². The topological polar surface area (TPSA) is 26.3 Å². The molecule has 1 rings (SSSR count). The van der Waals surface area contributed by atoms with Crippen LogP contribution in [-0.2, 0) is 9.53 Å². The number of esters is 1. The smallest absolute Gasteiger partial charge is 0.308 e. The molecular weight excluding hydrogens is 188 g/mol. The molecule has 0 saturated heterocycles. The lowest BCUT2D eigenvalue weighted by atomic mass is 10.2. The molecule has 0 amide bonds.